The van der Waals surface area contributed by atoms with E-state index in [-0.39, 0.29) is 22.7 Å². The van der Waals surface area contributed by atoms with Crippen LogP contribution < -0.4 is 5.11 Å². The monoisotopic (exact) mass is 611 g/mol. The molecule has 0 amide bonds. The van der Waals surface area contributed by atoms with Crippen LogP contribution in [-0.2, 0) is 4.79 Å². The van der Waals surface area contributed by atoms with Crippen LogP contribution in [0.25, 0.3) is 40.1 Å². The van der Waals surface area contributed by atoms with Crippen LogP contribution in [-0.4, -0.2) is 17.2 Å². The van der Waals surface area contributed by atoms with Gasteiger partial charge in [0.15, 0.2) is 5.78 Å². The number of carbonyl (C=O) groups is 1. The molecule has 47 heavy (non-hydrogen) atoms. The molecule has 5 aromatic rings. The Morgan fingerprint density at radius 2 is 1.15 bits per heavy atom. The molecule has 0 saturated carbocycles. The van der Waals surface area contributed by atoms with Crippen molar-refractivity contribution < 1.29 is 14.3 Å². The molecular weight excluding hydrogens is 578 g/mol. The molecule has 2 aliphatic rings. The fraction of sp³-hybridized carbons (Fsp3) is 0.0698. The Morgan fingerprint density at radius 1 is 0.660 bits per heavy atom. The van der Waals surface area contributed by atoms with Crippen molar-refractivity contribution in [3.05, 3.63) is 190 Å². The summed E-state index contributed by atoms with van der Waals surface area (Å²) in [5.74, 6) is 0.783. The number of allylic oxidation sites excluding steroid dienone is 6. The van der Waals surface area contributed by atoms with E-state index in [9.17, 15) is 9.90 Å². The first-order valence-electron chi connectivity index (χ1n) is 15.8. The van der Waals surface area contributed by atoms with Crippen LogP contribution in [0, 0.1) is 6.92 Å². The minimum Gasteiger partial charge on any atom is -0.871 e. The summed E-state index contributed by atoms with van der Waals surface area (Å²) in [6.07, 6.45) is 7.53. The van der Waals surface area contributed by atoms with Crippen LogP contribution in [0.1, 0.15) is 29.2 Å². The second kappa shape index (κ2) is 12.8. The Balaban J connectivity index is 1.30. The van der Waals surface area contributed by atoms with Crippen molar-refractivity contribution in [1.29, 1.82) is 0 Å². The molecule has 0 saturated heterocycles. The summed E-state index contributed by atoms with van der Waals surface area (Å²) >= 11 is 0. The summed E-state index contributed by atoms with van der Waals surface area (Å²) in [6, 6.07) is 42.0. The van der Waals surface area contributed by atoms with E-state index in [1.165, 1.54) is 5.56 Å². The quantitative estimate of drug-likeness (QED) is 0.136. The minimum absolute atomic E-state index is 0.169. The van der Waals surface area contributed by atoms with Gasteiger partial charge in [0.1, 0.15) is 0 Å². The summed E-state index contributed by atoms with van der Waals surface area (Å²) in [7, 11) is 0. The summed E-state index contributed by atoms with van der Waals surface area (Å²) in [4.78, 5) is 15.8. The van der Waals surface area contributed by atoms with Crippen LogP contribution >= 0.6 is 0 Å². The van der Waals surface area contributed by atoms with Gasteiger partial charge in [-0.2, -0.15) is 0 Å². The van der Waals surface area contributed by atoms with Gasteiger partial charge in [-0.25, -0.2) is 4.42 Å². The molecule has 1 aromatic heterocycles. The third-order valence-corrected chi connectivity index (χ3v) is 8.45. The molecule has 0 unspecified atom stereocenters. The maximum atomic E-state index is 13.6. The number of benzene rings is 4. The van der Waals surface area contributed by atoms with Crippen molar-refractivity contribution in [3.63, 3.8) is 0 Å². The lowest BCUT2D eigenvalue weighted by Crippen LogP contribution is -2.29. The number of carbonyl (C=O) groups excluding carboxylic acids is 1. The van der Waals surface area contributed by atoms with Crippen LogP contribution in [0.3, 0.4) is 0 Å². The first kappa shape index (κ1) is 29.7. The molecule has 4 nitrogen and oxygen atoms in total. The van der Waals surface area contributed by atoms with Gasteiger partial charge < -0.3 is 10.0 Å². The Kier molecular flexibility index (Phi) is 8.07. The molecule has 1 aliphatic carbocycles. The summed E-state index contributed by atoms with van der Waals surface area (Å²) < 4.78 is 6.29. The smallest absolute Gasteiger partial charge is 0.361 e. The van der Waals surface area contributed by atoms with Crippen LogP contribution in [0.5, 0.6) is 0 Å². The lowest BCUT2D eigenvalue weighted by atomic mass is 9.84. The topological polar surface area (TPSA) is 54.7 Å². The van der Waals surface area contributed by atoms with Crippen LogP contribution in [0.2, 0.25) is 0 Å². The van der Waals surface area contributed by atoms with Crippen molar-refractivity contribution in [1.82, 2.24) is 4.90 Å². The predicted octanol–water partition coefficient (Wildman–Crippen LogP) is 9.13. The maximum Gasteiger partial charge on any atom is 0.361 e. The summed E-state index contributed by atoms with van der Waals surface area (Å²) in [5, 5.41) is 13.6. The first-order valence-corrected chi connectivity index (χ1v) is 15.8. The Hall–Kier alpha value is -6.00. The number of hydrogen-bond acceptors (Lipinski definition) is 3. The van der Waals surface area contributed by atoms with Crippen molar-refractivity contribution >= 4 is 23.3 Å². The average Bonchev–Trinajstić information content (AvgIpc) is 3.13. The van der Waals surface area contributed by atoms with Crippen LogP contribution in [0.15, 0.2) is 173 Å². The van der Waals surface area contributed by atoms with E-state index in [1.54, 1.807) is 12.2 Å². The number of rotatable bonds is 7. The van der Waals surface area contributed by atoms with E-state index in [4.69, 9.17) is 4.42 Å². The van der Waals surface area contributed by atoms with E-state index in [1.807, 2.05) is 91.0 Å². The van der Waals surface area contributed by atoms with Crippen molar-refractivity contribution in [2.24, 2.45) is 0 Å². The Bertz CT molecular complexity index is 2060. The highest BCUT2D eigenvalue weighted by Gasteiger charge is 2.28. The highest BCUT2D eigenvalue weighted by atomic mass is 16.3. The fourth-order valence-electron chi connectivity index (χ4n) is 6.00. The Morgan fingerprint density at radius 3 is 1.64 bits per heavy atom. The highest BCUT2D eigenvalue weighted by Crippen LogP contribution is 2.38. The number of hydrogen-bond donors (Lipinski definition) is 0. The standard InChI is InChI=1S/C43H33NO3/c1-3-44-38(32-13-7-4-8-14-32)25-30(26-39(44)33-21-19-29(2)20-22-33)23-36-42(45)37(43(36)46)24-31-27-40(34-15-9-5-10-16-34)47-41(28-31)35-17-11-6-12-18-35/h4-28H,3H2,1-2H3. The average molecular weight is 612 g/mol. The maximum absolute atomic E-state index is 13.6. The van der Waals surface area contributed by atoms with Gasteiger partial charge in [0, 0.05) is 29.1 Å². The van der Waals surface area contributed by atoms with E-state index in [2.05, 4.69) is 67.3 Å². The van der Waals surface area contributed by atoms with Gasteiger partial charge >= 0.3 is 11.5 Å². The Labute approximate surface area is 275 Å². The first-order chi connectivity index (χ1) is 23.0. The van der Waals surface area contributed by atoms with Gasteiger partial charge in [0.05, 0.1) is 23.3 Å². The molecule has 4 heteroatoms. The normalized spacial score (nSPS) is 16.3. The zero-order chi connectivity index (χ0) is 32.3. The molecule has 7 rings (SSSR count). The van der Waals surface area contributed by atoms with E-state index in [0.29, 0.717) is 11.5 Å². The summed E-state index contributed by atoms with van der Waals surface area (Å²) in [5.41, 5.74) is 9.04. The zero-order valence-corrected chi connectivity index (χ0v) is 26.3. The van der Waals surface area contributed by atoms with Gasteiger partial charge in [0.25, 0.3) is 0 Å². The van der Waals surface area contributed by atoms with Crippen molar-refractivity contribution in [2.75, 3.05) is 6.54 Å². The zero-order valence-electron chi connectivity index (χ0n) is 26.3. The van der Waals surface area contributed by atoms with Gasteiger partial charge in [0.2, 0.25) is 0 Å². The lowest BCUT2D eigenvalue weighted by molar-refractivity contribution is -0.300. The molecule has 0 radical (unpaired) electrons. The lowest BCUT2D eigenvalue weighted by Gasteiger charge is -2.33. The molecule has 0 spiro atoms. The molecule has 2 heterocycles. The predicted molar refractivity (Wildman–Crippen MR) is 188 cm³/mol. The van der Waals surface area contributed by atoms with E-state index in [0.717, 1.165) is 51.3 Å². The molecule has 0 atom stereocenters. The number of Topliss-reactive ketones (excluding diaryl/α,β-unsaturated/α-hetero) is 1. The van der Waals surface area contributed by atoms with Crippen molar-refractivity contribution in [3.8, 4) is 22.6 Å². The SMILES string of the molecule is CCN1C(c2ccccc2)=CC(=CC2=C([O-])C(=Cc3cc(-c4ccccc4)[o+]c(-c4ccccc4)c3)C2=O)C=C1c1ccc(C)cc1. The summed E-state index contributed by atoms with van der Waals surface area (Å²) in [6.45, 7) is 4.96. The van der Waals surface area contributed by atoms with Crippen LogP contribution in [0.4, 0.5) is 0 Å². The highest BCUT2D eigenvalue weighted by molar-refractivity contribution is 6.23. The third-order valence-electron chi connectivity index (χ3n) is 8.45. The molecule has 0 fully saturated rings. The molecule has 0 bridgehead atoms. The number of nitrogens with zero attached hydrogens (tertiary/aromatic N) is 1. The van der Waals surface area contributed by atoms with Gasteiger partial charge in [-0.15, -0.1) is 0 Å². The molecular formula is C43H33NO3. The largest absolute Gasteiger partial charge is 0.871 e. The molecule has 228 valence electrons. The van der Waals surface area contributed by atoms with Gasteiger partial charge in [-0.1, -0.05) is 102 Å². The third kappa shape index (κ3) is 6.01. The van der Waals surface area contributed by atoms with Crippen molar-refractivity contribution in [2.45, 2.75) is 13.8 Å². The fourth-order valence-corrected chi connectivity index (χ4v) is 6.00. The second-order valence-corrected chi connectivity index (χ2v) is 11.7. The van der Waals surface area contributed by atoms with Gasteiger partial charge in [-0.05, 0) is 84.7 Å². The number of aryl methyl sites for hydroxylation is 1. The molecule has 4 aromatic carbocycles. The molecule has 1 aliphatic heterocycles. The van der Waals surface area contributed by atoms with E-state index < -0.39 is 0 Å². The molecule has 0 N–H and O–H groups in total. The van der Waals surface area contributed by atoms with E-state index >= 15 is 0 Å². The minimum atomic E-state index is -0.260. The second-order valence-electron chi connectivity index (χ2n) is 11.7. The number of ketones is 1. The van der Waals surface area contributed by atoms with Gasteiger partial charge in [-0.3, -0.25) is 4.79 Å².